The maximum absolute atomic E-state index is 12.8. The molecule has 4 heteroatoms. The van der Waals surface area contributed by atoms with Gasteiger partial charge in [-0.05, 0) is 69.6 Å². The Morgan fingerprint density at radius 3 is 2.48 bits per heavy atom. The number of esters is 1. The molecular formula is C17H23ClO3. The van der Waals surface area contributed by atoms with Gasteiger partial charge in [0.2, 0.25) is 0 Å². The van der Waals surface area contributed by atoms with Crippen LogP contribution in [0.1, 0.15) is 64.2 Å². The van der Waals surface area contributed by atoms with Crippen LogP contribution in [0.5, 0.6) is 0 Å². The zero-order chi connectivity index (χ0) is 14.7. The lowest BCUT2D eigenvalue weighted by molar-refractivity contribution is -0.178. The Labute approximate surface area is 130 Å². The fourth-order valence-electron chi connectivity index (χ4n) is 5.72. The molecule has 0 aromatic heterocycles. The van der Waals surface area contributed by atoms with Crippen molar-refractivity contribution in [2.75, 3.05) is 0 Å². The van der Waals surface area contributed by atoms with Crippen molar-refractivity contribution in [3.8, 4) is 0 Å². The number of Topliss-reactive ketones (excluding diaryl/α,β-unsaturated/α-hetero) is 1. The van der Waals surface area contributed by atoms with E-state index in [4.69, 9.17) is 16.3 Å². The summed E-state index contributed by atoms with van der Waals surface area (Å²) in [7, 11) is 0. The molecule has 116 valence electrons. The predicted molar refractivity (Wildman–Crippen MR) is 79.1 cm³/mol. The molecule has 4 bridgehead atoms. The maximum atomic E-state index is 12.8. The second kappa shape index (κ2) is 4.71. The Kier molecular flexibility index (Phi) is 3.15. The molecule has 0 aliphatic heterocycles. The van der Waals surface area contributed by atoms with Crippen LogP contribution in [0.2, 0.25) is 0 Å². The van der Waals surface area contributed by atoms with Gasteiger partial charge < -0.3 is 4.74 Å². The summed E-state index contributed by atoms with van der Waals surface area (Å²) in [5.74, 6) is 1.15. The molecule has 0 N–H and O–H groups in total. The first kappa shape index (κ1) is 14.0. The summed E-state index contributed by atoms with van der Waals surface area (Å²) in [6.45, 7) is 0. The molecular weight excluding hydrogens is 288 g/mol. The zero-order valence-corrected chi connectivity index (χ0v) is 13.2. The summed E-state index contributed by atoms with van der Waals surface area (Å²) in [4.78, 5) is 24.6. The average Bonchev–Trinajstić information content (AvgIpc) is 2.38. The van der Waals surface area contributed by atoms with Crippen molar-refractivity contribution in [1.29, 1.82) is 0 Å². The molecule has 5 aliphatic rings. The van der Waals surface area contributed by atoms with Crippen molar-refractivity contribution in [3.63, 3.8) is 0 Å². The van der Waals surface area contributed by atoms with Crippen LogP contribution in [0.25, 0.3) is 0 Å². The summed E-state index contributed by atoms with van der Waals surface area (Å²) in [5, 5.41) is 0. The normalized spacial score (nSPS) is 48.4. The minimum atomic E-state index is -0.481. The maximum Gasteiger partial charge on any atom is 0.312 e. The summed E-state index contributed by atoms with van der Waals surface area (Å²) >= 11 is 6.76. The minimum absolute atomic E-state index is 0.111. The zero-order valence-electron chi connectivity index (χ0n) is 12.4. The van der Waals surface area contributed by atoms with Crippen LogP contribution in [0.15, 0.2) is 0 Å². The number of ether oxygens (including phenoxy) is 1. The molecule has 5 saturated carbocycles. The fraction of sp³-hybridized carbons (Fsp3) is 0.882. The second-order valence-corrected chi connectivity index (χ2v) is 8.80. The number of rotatable bonds is 2. The minimum Gasteiger partial charge on any atom is -0.454 e. The van der Waals surface area contributed by atoms with E-state index in [1.807, 2.05) is 0 Å². The third-order valence-electron chi connectivity index (χ3n) is 6.17. The Bertz CT molecular complexity index is 472. The van der Waals surface area contributed by atoms with Crippen LogP contribution >= 0.6 is 11.6 Å². The van der Waals surface area contributed by atoms with Crippen LogP contribution < -0.4 is 0 Å². The lowest BCUT2D eigenvalue weighted by Gasteiger charge is -2.58. The molecule has 0 radical (unpaired) electrons. The summed E-state index contributed by atoms with van der Waals surface area (Å²) in [6, 6.07) is 0. The van der Waals surface area contributed by atoms with Crippen LogP contribution in [0, 0.1) is 17.3 Å². The number of hydrogen-bond acceptors (Lipinski definition) is 3. The first-order valence-electron chi connectivity index (χ1n) is 8.41. The highest BCUT2D eigenvalue weighted by Crippen LogP contribution is 2.64. The topological polar surface area (TPSA) is 43.4 Å². The van der Waals surface area contributed by atoms with E-state index in [1.165, 1.54) is 6.42 Å². The van der Waals surface area contributed by atoms with E-state index in [0.29, 0.717) is 24.7 Å². The standard InChI is InChI=1S/C17H23ClO3/c18-17-8-11-5-12(9-17)7-16(6-11,10-17)15(20)21-14-4-2-1-3-13(14)19/h11-12,14H,1-10H2/t11-,12-,14+,16?,17?/m0/s1. The van der Waals surface area contributed by atoms with Crippen molar-refractivity contribution in [1.82, 2.24) is 0 Å². The van der Waals surface area contributed by atoms with Gasteiger partial charge in [-0.25, -0.2) is 0 Å². The Morgan fingerprint density at radius 1 is 1.14 bits per heavy atom. The molecule has 0 aromatic rings. The van der Waals surface area contributed by atoms with Crippen LogP contribution in [-0.2, 0) is 14.3 Å². The van der Waals surface area contributed by atoms with Crippen molar-refractivity contribution in [2.45, 2.75) is 75.2 Å². The van der Waals surface area contributed by atoms with E-state index in [9.17, 15) is 9.59 Å². The van der Waals surface area contributed by atoms with E-state index >= 15 is 0 Å². The summed E-state index contributed by atoms with van der Waals surface area (Å²) < 4.78 is 5.69. The van der Waals surface area contributed by atoms with Gasteiger partial charge in [0.25, 0.3) is 0 Å². The molecule has 0 saturated heterocycles. The van der Waals surface area contributed by atoms with Crippen molar-refractivity contribution < 1.29 is 14.3 Å². The van der Waals surface area contributed by atoms with Gasteiger partial charge in [-0.2, -0.15) is 0 Å². The van der Waals surface area contributed by atoms with Crippen LogP contribution in [0.3, 0.4) is 0 Å². The first-order chi connectivity index (χ1) is 9.98. The van der Waals surface area contributed by atoms with Gasteiger partial charge >= 0.3 is 5.97 Å². The number of ketones is 1. The van der Waals surface area contributed by atoms with Gasteiger partial charge in [0.1, 0.15) is 0 Å². The van der Waals surface area contributed by atoms with E-state index in [2.05, 4.69) is 0 Å². The number of halogens is 1. The SMILES string of the molecule is O=C1CCCC[C@H]1OC(=O)C12C[C@@H]3C[C@H](CC(Cl)(C3)C1)C2. The molecule has 0 spiro atoms. The Balaban J connectivity index is 1.52. The molecule has 3 nitrogen and oxygen atoms in total. The molecule has 21 heavy (non-hydrogen) atoms. The highest BCUT2D eigenvalue weighted by atomic mass is 35.5. The van der Waals surface area contributed by atoms with Gasteiger partial charge in [0.05, 0.1) is 5.41 Å². The Hall–Kier alpha value is -0.570. The number of alkyl halides is 1. The lowest BCUT2D eigenvalue weighted by Crippen LogP contribution is -2.57. The van der Waals surface area contributed by atoms with Crippen LogP contribution in [-0.4, -0.2) is 22.7 Å². The van der Waals surface area contributed by atoms with Gasteiger partial charge in [0.15, 0.2) is 11.9 Å². The van der Waals surface area contributed by atoms with Gasteiger partial charge in [0, 0.05) is 11.3 Å². The van der Waals surface area contributed by atoms with E-state index in [-0.39, 0.29) is 22.0 Å². The molecule has 0 heterocycles. The third kappa shape index (κ3) is 2.32. The Morgan fingerprint density at radius 2 is 1.86 bits per heavy atom. The average molecular weight is 311 g/mol. The summed E-state index contributed by atoms with van der Waals surface area (Å²) in [5.41, 5.74) is -0.385. The van der Waals surface area contributed by atoms with Gasteiger partial charge in [-0.1, -0.05) is 0 Å². The molecule has 0 unspecified atom stereocenters. The second-order valence-electron chi connectivity index (χ2n) is 8.00. The van der Waals surface area contributed by atoms with E-state index in [0.717, 1.165) is 44.9 Å². The quantitative estimate of drug-likeness (QED) is 0.578. The third-order valence-corrected chi connectivity index (χ3v) is 6.61. The van der Waals surface area contributed by atoms with Crippen molar-refractivity contribution >= 4 is 23.4 Å². The first-order valence-corrected chi connectivity index (χ1v) is 8.79. The van der Waals surface area contributed by atoms with E-state index in [1.54, 1.807) is 0 Å². The van der Waals surface area contributed by atoms with E-state index < -0.39 is 6.10 Å². The van der Waals surface area contributed by atoms with Gasteiger partial charge in [-0.15, -0.1) is 11.6 Å². The molecule has 3 atom stereocenters. The van der Waals surface area contributed by atoms with Crippen molar-refractivity contribution in [3.05, 3.63) is 0 Å². The fourth-order valence-corrected chi connectivity index (χ4v) is 6.41. The van der Waals surface area contributed by atoms with Gasteiger partial charge in [-0.3, -0.25) is 9.59 Å². The molecule has 0 amide bonds. The molecule has 5 fully saturated rings. The molecule has 0 aromatic carbocycles. The number of carbonyl (C=O) groups excluding carboxylic acids is 2. The van der Waals surface area contributed by atoms with Crippen molar-refractivity contribution in [2.24, 2.45) is 17.3 Å². The highest BCUT2D eigenvalue weighted by Gasteiger charge is 2.61. The predicted octanol–water partition coefficient (Wildman–Crippen LogP) is 3.62. The number of carbonyl (C=O) groups is 2. The monoisotopic (exact) mass is 310 g/mol. The highest BCUT2D eigenvalue weighted by molar-refractivity contribution is 6.24. The van der Waals surface area contributed by atoms with Crippen LogP contribution in [0.4, 0.5) is 0 Å². The molecule has 5 rings (SSSR count). The lowest BCUT2D eigenvalue weighted by atomic mass is 9.49. The summed E-state index contributed by atoms with van der Waals surface area (Å²) in [6.07, 6.45) is 8.68. The largest absolute Gasteiger partial charge is 0.454 e. The molecule has 5 aliphatic carbocycles. The smallest absolute Gasteiger partial charge is 0.312 e. The number of hydrogen-bond donors (Lipinski definition) is 0.